The molecule has 1 aliphatic rings. The average Bonchev–Trinajstić information content (AvgIpc) is 3.09. The van der Waals surface area contributed by atoms with Crippen LogP contribution in [0.3, 0.4) is 0 Å². The van der Waals surface area contributed by atoms with Gasteiger partial charge < -0.3 is 19.8 Å². The number of carbonyl (C=O) groups is 2. The molecule has 180 valence electrons. The topological polar surface area (TPSA) is 100.0 Å². The van der Waals surface area contributed by atoms with Crippen molar-refractivity contribution in [2.75, 3.05) is 6.61 Å². The minimum Gasteiger partial charge on any atom is -0.508 e. The largest absolute Gasteiger partial charge is 0.508 e. The van der Waals surface area contributed by atoms with Gasteiger partial charge in [0.05, 0.1) is 18.2 Å². The van der Waals surface area contributed by atoms with Gasteiger partial charge in [0.1, 0.15) is 17.3 Å². The van der Waals surface area contributed by atoms with E-state index in [1.807, 2.05) is 20.8 Å². The summed E-state index contributed by atoms with van der Waals surface area (Å²) in [6, 6.07) is 14.3. The summed E-state index contributed by atoms with van der Waals surface area (Å²) in [6.45, 7) is 6.58. The predicted molar refractivity (Wildman–Crippen MR) is 132 cm³/mol. The molecule has 0 aliphatic carbocycles. The van der Waals surface area contributed by atoms with E-state index in [1.54, 1.807) is 54.9 Å². The number of nitrogens with zero attached hydrogens (tertiary/aromatic N) is 2. The van der Waals surface area contributed by atoms with Gasteiger partial charge in [0.15, 0.2) is 0 Å². The lowest BCUT2D eigenvalue weighted by Crippen LogP contribution is -2.29. The van der Waals surface area contributed by atoms with Crippen molar-refractivity contribution in [1.82, 2.24) is 9.88 Å². The van der Waals surface area contributed by atoms with Gasteiger partial charge in [-0.05, 0) is 72.0 Å². The van der Waals surface area contributed by atoms with Crippen LogP contribution in [-0.4, -0.2) is 38.4 Å². The molecule has 2 heterocycles. The molecule has 2 aromatic carbocycles. The van der Waals surface area contributed by atoms with E-state index in [9.17, 15) is 19.8 Å². The molecule has 1 unspecified atom stereocenters. The molecule has 0 radical (unpaired) electrons. The molecule has 0 saturated carbocycles. The third kappa shape index (κ3) is 4.75. The van der Waals surface area contributed by atoms with Crippen LogP contribution in [0.1, 0.15) is 55.0 Å². The summed E-state index contributed by atoms with van der Waals surface area (Å²) in [5, 5.41) is 21.5. The number of ether oxygens (including phenoxy) is 1. The molecule has 0 spiro atoms. The molecule has 35 heavy (non-hydrogen) atoms. The zero-order chi connectivity index (χ0) is 25.1. The lowest BCUT2D eigenvalue weighted by molar-refractivity contribution is -0.140. The summed E-state index contributed by atoms with van der Waals surface area (Å²) in [4.78, 5) is 31.9. The molecule has 1 aromatic heterocycles. The highest BCUT2D eigenvalue weighted by molar-refractivity contribution is 6.46. The quantitative estimate of drug-likeness (QED) is 0.287. The van der Waals surface area contributed by atoms with Gasteiger partial charge >= 0.3 is 0 Å². The Bertz CT molecular complexity index is 1280. The Kier molecular flexibility index (Phi) is 6.87. The van der Waals surface area contributed by atoms with Crippen molar-refractivity contribution in [1.29, 1.82) is 0 Å². The number of aromatic nitrogens is 1. The van der Waals surface area contributed by atoms with Crippen molar-refractivity contribution in [3.63, 3.8) is 0 Å². The van der Waals surface area contributed by atoms with Crippen molar-refractivity contribution in [3.8, 4) is 11.5 Å². The first kappa shape index (κ1) is 24.0. The summed E-state index contributed by atoms with van der Waals surface area (Å²) >= 11 is 0. The lowest BCUT2D eigenvalue weighted by atomic mass is 9.93. The maximum Gasteiger partial charge on any atom is 0.295 e. The van der Waals surface area contributed by atoms with Crippen LogP contribution in [-0.2, 0) is 16.1 Å². The second kappa shape index (κ2) is 10.0. The number of pyridine rings is 1. The highest BCUT2D eigenvalue weighted by Gasteiger charge is 2.46. The fraction of sp³-hybridized carbons (Fsp3) is 0.250. The van der Waals surface area contributed by atoms with Crippen molar-refractivity contribution in [2.45, 2.75) is 39.3 Å². The van der Waals surface area contributed by atoms with Crippen molar-refractivity contribution in [3.05, 3.63) is 94.8 Å². The number of rotatable bonds is 7. The number of Topliss-reactive ketones (excluding diaryl/α,β-unsaturated/α-hetero) is 1. The number of aliphatic hydroxyl groups is 1. The Morgan fingerprint density at radius 3 is 2.49 bits per heavy atom. The van der Waals surface area contributed by atoms with Gasteiger partial charge in [-0.1, -0.05) is 26.0 Å². The summed E-state index contributed by atoms with van der Waals surface area (Å²) in [5.41, 5.74) is 2.60. The Hall–Kier alpha value is -4.13. The number of likely N-dealkylation sites (tertiary alicyclic amines) is 1. The van der Waals surface area contributed by atoms with E-state index in [1.165, 1.54) is 17.0 Å². The zero-order valence-electron chi connectivity index (χ0n) is 19.9. The van der Waals surface area contributed by atoms with Crippen LogP contribution in [0.15, 0.2) is 72.6 Å². The minimum atomic E-state index is -0.871. The molecule has 4 rings (SSSR count). The molecule has 0 bridgehead atoms. The van der Waals surface area contributed by atoms with E-state index in [2.05, 4.69) is 4.98 Å². The van der Waals surface area contributed by atoms with E-state index in [0.717, 1.165) is 11.1 Å². The number of phenolic OH excluding ortho intramolecular Hbond substituents is 1. The molecular formula is C28H28N2O5. The molecule has 1 amide bonds. The smallest absolute Gasteiger partial charge is 0.295 e. The molecule has 7 heteroatoms. The van der Waals surface area contributed by atoms with Crippen LogP contribution in [0.25, 0.3) is 5.76 Å². The average molecular weight is 473 g/mol. The highest BCUT2D eigenvalue weighted by Crippen LogP contribution is 2.41. The Balaban J connectivity index is 1.87. The number of carbonyl (C=O) groups excluding carboxylic acids is 2. The maximum absolute atomic E-state index is 13.3. The van der Waals surface area contributed by atoms with Gasteiger partial charge in [-0.25, -0.2) is 0 Å². The van der Waals surface area contributed by atoms with Gasteiger partial charge in [0.25, 0.3) is 11.7 Å². The van der Waals surface area contributed by atoms with Crippen LogP contribution in [0.2, 0.25) is 0 Å². The van der Waals surface area contributed by atoms with Crippen LogP contribution < -0.4 is 4.74 Å². The second-order valence-electron chi connectivity index (χ2n) is 8.72. The van der Waals surface area contributed by atoms with E-state index < -0.39 is 17.7 Å². The molecule has 7 nitrogen and oxygen atoms in total. The predicted octanol–water partition coefficient (Wildman–Crippen LogP) is 4.93. The van der Waals surface area contributed by atoms with E-state index in [0.29, 0.717) is 23.5 Å². The van der Waals surface area contributed by atoms with Crippen LogP contribution in [0.5, 0.6) is 11.5 Å². The molecule has 1 atom stereocenters. The van der Waals surface area contributed by atoms with Crippen molar-refractivity contribution < 1.29 is 24.5 Å². The SMILES string of the molecule is CCOc1ccc(/C(O)=C2/C(=O)C(=O)N(Cc3ccncc3)C2c2cccc(O)c2)cc1C(C)C. The standard InChI is InChI=1S/C28H28N2O5/c1-4-35-23-9-8-20(15-22(23)17(2)3)26(32)24-25(19-6-5-7-21(31)14-19)30(28(34)27(24)33)16-18-10-12-29-13-11-18/h5-15,17,25,31-32H,4,16H2,1-3H3/b26-24-. The Labute approximate surface area is 204 Å². The Morgan fingerprint density at radius 2 is 1.83 bits per heavy atom. The van der Waals surface area contributed by atoms with Gasteiger partial charge in [0, 0.05) is 24.5 Å². The third-order valence-electron chi connectivity index (χ3n) is 6.03. The first-order valence-electron chi connectivity index (χ1n) is 11.5. The van der Waals surface area contributed by atoms with Crippen LogP contribution >= 0.6 is 0 Å². The number of aliphatic hydroxyl groups excluding tert-OH is 1. The molecule has 3 aromatic rings. The van der Waals surface area contributed by atoms with Gasteiger partial charge in [-0.15, -0.1) is 0 Å². The Morgan fingerprint density at radius 1 is 1.09 bits per heavy atom. The van der Waals surface area contributed by atoms with E-state index in [-0.39, 0.29) is 29.5 Å². The number of ketones is 1. The third-order valence-corrected chi connectivity index (χ3v) is 6.03. The molecule has 1 saturated heterocycles. The van der Waals surface area contributed by atoms with Crippen LogP contribution in [0.4, 0.5) is 0 Å². The molecule has 1 fully saturated rings. The number of amides is 1. The van der Waals surface area contributed by atoms with Crippen molar-refractivity contribution in [2.24, 2.45) is 0 Å². The van der Waals surface area contributed by atoms with Gasteiger partial charge in [0.2, 0.25) is 0 Å². The number of phenols is 1. The first-order chi connectivity index (χ1) is 16.8. The number of hydrogen-bond acceptors (Lipinski definition) is 6. The molecule has 1 aliphatic heterocycles. The molecular weight excluding hydrogens is 444 g/mol. The first-order valence-corrected chi connectivity index (χ1v) is 11.5. The maximum atomic E-state index is 13.3. The second-order valence-corrected chi connectivity index (χ2v) is 8.72. The minimum absolute atomic E-state index is 0.000148. The fourth-order valence-electron chi connectivity index (χ4n) is 4.36. The summed E-state index contributed by atoms with van der Waals surface area (Å²) < 4.78 is 5.72. The highest BCUT2D eigenvalue weighted by atomic mass is 16.5. The van der Waals surface area contributed by atoms with E-state index >= 15 is 0 Å². The fourth-order valence-corrected chi connectivity index (χ4v) is 4.36. The molecule has 2 N–H and O–H groups in total. The van der Waals surface area contributed by atoms with E-state index in [4.69, 9.17) is 4.74 Å². The van der Waals surface area contributed by atoms with Crippen LogP contribution in [0, 0.1) is 0 Å². The summed E-state index contributed by atoms with van der Waals surface area (Å²) in [6.07, 6.45) is 3.23. The van der Waals surface area contributed by atoms with Crippen molar-refractivity contribution >= 4 is 17.4 Å². The number of benzene rings is 2. The number of hydrogen-bond donors (Lipinski definition) is 2. The normalized spacial score (nSPS) is 17.3. The monoisotopic (exact) mass is 472 g/mol. The summed E-state index contributed by atoms with van der Waals surface area (Å²) in [5.74, 6) is -0.933. The van der Waals surface area contributed by atoms with Gasteiger partial charge in [-0.3, -0.25) is 14.6 Å². The lowest BCUT2D eigenvalue weighted by Gasteiger charge is -2.25. The van der Waals surface area contributed by atoms with Gasteiger partial charge in [-0.2, -0.15) is 0 Å². The summed E-state index contributed by atoms with van der Waals surface area (Å²) in [7, 11) is 0. The number of aromatic hydroxyl groups is 1. The zero-order valence-corrected chi connectivity index (χ0v) is 19.9.